The van der Waals surface area contributed by atoms with Gasteiger partial charge in [0.25, 0.3) is 0 Å². The fraction of sp³-hybridized carbons (Fsp3) is 0.929. The number of nitrogens with zero attached hydrogens (tertiary/aromatic N) is 1. The maximum Gasteiger partial charge on any atom is 0.190 e. The smallest absolute Gasteiger partial charge is 0.190 e. The average molecular weight is 275 g/mol. The van der Waals surface area contributed by atoms with Crippen molar-refractivity contribution in [1.82, 2.24) is 0 Å². The van der Waals surface area contributed by atoms with Crippen molar-refractivity contribution in [2.75, 3.05) is 33.4 Å². The monoisotopic (exact) mass is 275 g/mol. The maximum atomic E-state index is 9.82. The van der Waals surface area contributed by atoms with Gasteiger partial charge in [-0.05, 0) is 13.3 Å². The molecule has 5 nitrogen and oxygen atoms in total. The van der Waals surface area contributed by atoms with E-state index in [0.717, 1.165) is 63.4 Å². The van der Waals surface area contributed by atoms with Gasteiger partial charge in [0.05, 0.1) is 26.7 Å². The van der Waals surface area contributed by atoms with Gasteiger partial charge in [0, 0.05) is 31.8 Å². The standard InChI is InChI=1S/C12H26NO2.C2H4O2/c1-3-4-10-15-11-6-9-13(2)8-5-7-12(13)14;1-2(3)4/h12,14H,3-11H2,1-2H3;1H3,(H,3,4)/q+1;/p-1. The lowest BCUT2D eigenvalue weighted by atomic mass is 10.3. The molecule has 0 aromatic carbocycles. The summed E-state index contributed by atoms with van der Waals surface area (Å²) in [7, 11) is 2.16. The summed E-state index contributed by atoms with van der Waals surface area (Å²) in [4.78, 5) is 8.89. The van der Waals surface area contributed by atoms with Crippen LogP contribution < -0.4 is 5.11 Å². The molecule has 0 aromatic heterocycles. The molecule has 0 spiro atoms. The van der Waals surface area contributed by atoms with Gasteiger partial charge in [-0.3, -0.25) is 0 Å². The summed E-state index contributed by atoms with van der Waals surface area (Å²) in [6.07, 6.45) is 5.42. The topological polar surface area (TPSA) is 69.6 Å². The van der Waals surface area contributed by atoms with Crippen LogP contribution in [0.25, 0.3) is 0 Å². The minimum absolute atomic E-state index is 0.138. The molecule has 0 saturated carbocycles. The molecule has 2 atom stereocenters. The van der Waals surface area contributed by atoms with E-state index >= 15 is 0 Å². The van der Waals surface area contributed by atoms with Gasteiger partial charge < -0.3 is 24.2 Å². The first-order chi connectivity index (χ1) is 8.92. The third-order valence-corrected chi connectivity index (χ3v) is 3.45. The predicted molar refractivity (Wildman–Crippen MR) is 72.2 cm³/mol. The highest BCUT2D eigenvalue weighted by molar-refractivity contribution is 5.60. The van der Waals surface area contributed by atoms with Gasteiger partial charge in [-0.1, -0.05) is 13.3 Å². The predicted octanol–water partition coefficient (Wildman–Crippen LogP) is 0.508. The molecule has 1 aliphatic heterocycles. The molecule has 1 fully saturated rings. The van der Waals surface area contributed by atoms with Gasteiger partial charge in [-0.2, -0.15) is 0 Å². The second-order valence-electron chi connectivity index (χ2n) is 5.36. The SMILES string of the molecule is CC(=O)[O-].CCCCOCCC[N+]1(C)CCCC1O. The van der Waals surface area contributed by atoms with Gasteiger partial charge in [-0.25, -0.2) is 0 Å². The van der Waals surface area contributed by atoms with E-state index in [1.165, 1.54) is 6.42 Å². The molecule has 2 unspecified atom stereocenters. The van der Waals surface area contributed by atoms with E-state index in [-0.39, 0.29) is 6.23 Å². The van der Waals surface area contributed by atoms with Crippen LogP contribution in [0.2, 0.25) is 0 Å². The Hall–Kier alpha value is -0.650. The zero-order chi connectivity index (χ0) is 14.7. The van der Waals surface area contributed by atoms with E-state index in [1.54, 1.807) is 0 Å². The summed E-state index contributed by atoms with van der Waals surface area (Å²) in [6.45, 7) is 7.06. The van der Waals surface area contributed by atoms with Crippen LogP contribution >= 0.6 is 0 Å². The molecular weight excluding hydrogens is 246 g/mol. The lowest BCUT2D eigenvalue weighted by Gasteiger charge is -2.32. The Bertz CT molecular complexity index is 244. The van der Waals surface area contributed by atoms with E-state index in [9.17, 15) is 5.11 Å². The average Bonchev–Trinajstić information content (AvgIpc) is 2.64. The lowest BCUT2D eigenvalue weighted by molar-refractivity contribution is -0.941. The van der Waals surface area contributed by atoms with Gasteiger partial charge in [0.1, 0.15) is 0 Å². The molecule has 0 bridgehead atoms. The number of likely N-dealkylation sites (tertiary alicyclic amines) is 1. The third kappa shape index (κ3) is 8.97. The Balaban J connectivity index is 0.000000711. The third-order valence-electron chi connectivity index (χ3n) is 3.45. The van der Waals surface area contributed by atoms with Crippen molar-refractivity contribution in [1.29, 1.82) is 0 Å². The van der Waals surface area contributed by atoms with E-state index in [1.807, 2.05) is 0 Å². The number of carboxylic acid groups (broad SMARTS) is 1. The van der Waals surface area contributed by atoms with Crippen LogP contribution in [0.4, 0.5) is 0 Å². The van der Waals surface area contributed by atoms with Gasteiger partial charge >= 0.3 is 0 Å². The van der Waals surface area contributed by atoms with Gasteiger partial charge in [-0.15, -0.1) is 0 Å². The number of aliphatic hydroxyl groups excluding tert-OH is 1. The lowest BCUT2D eigenvalue weighted by Crippen LogP contribution is -2.48. The molecule has 1 saturated heterocycles. The van der Waals surface area contributed by atoms with Gasteiger partial charge in [0.15, 0.2) is 6.23 Å². The van der Waals surface area contributed by atoms with Crippen LogP contribution in [0, 0.1) is 0 Å². The zero-order valence-electron chi connectivity index (χ0n) is 12.6. The van der Waals surface area contributed by atoms with Crippen LogP contribution in [-0.2, 0) is 9.53 Å². The highest BCUT2D eigenvalue weighted by Gasteiger charge is 2.35. The normalized spacial score (nSPS) is 25.8. The number of carbonyl (C=O) groups is 1. The zero-order valence-corrected chi connectivity index (χ0v) is 12.6. The van der Waals surface area contributed by atoms with Crippen LogP contribution in [0.3, 0.4) is 0 Å². The Labute approximate surface area is 116 Å². The van der Waals surface area contributed by atoms with Crippen molar-refractivity contribution >= 4 is 5.97 Å². The van der Waals surface area contributed by atoms with Crippen molar-refractivity contribution in [3.63, 3.8) is 0 Å². The minimum atomic E-state index is -1.08. The maximum absolute atomic E-state index is 9.82. The Kier molecular flexibility index (Phi) is 9.83. The molecule has 1 heterocycles. The van der Waals surface area contributed by atoms with Crippen molar-refractivity contribution < 1.29 is 24.2 Å². The van der Waals surface area contributed by atoms with E-state index < -0.39 is 5.97 Å². The first-order valence-electron chi connectivity index (χ1n) is 7.20. The number of carbonyl (C=O) groups excluding carboxylic acids is 1. The first-order valence-corrected chi connectivity index (χ1v) is 7.20. The fourth-order valence-electron chi connectivity index (χ4n) is 2.23. The van der Waals surface area contributed by atoms with E-state index in [2.05, 4.69) is 14.0 Å². The number of carboxylic acids is 1. The highest BCUT2D eigenvalue weighted by atomic mass is 16.5. The number of aliphatic hydroxyl groups is 1. The molecule has 0 amide bonds. The quantitative estimate of drug-likeness (QED) is 0.543. The van der Waals surface area contributed by atoms with Crippen molar-refractivity contribution in [3.8, 4) is 0 Å². The molecule has 1 aliphatic rings. The molecule has 19 heavy (non-hydrogen) atoms. The number of quaternary nitrogens is 1. The van der Waals surface area contributed by atoms with E-state index in [4.69, 9.17) is 14.6 Å². The number of hydrogen-bond acceptors (Lipinski definition) is 4. The Morgan fingerprint density at radius 3 is 2.47 bits per heavy atom. The number of ether oxygens (including phenoxy) is 1. The summed E-state index contributed by atoms with van der Waals surface area (Å²) >= 11 is 0. The van der Waals surface area contributed by atoms with Crippen molar-refractivity contribution in [2.45, 2.75) is 52.2 Å². The minimum Gasteiger partial charge on any atom is -0.550 e. The summed E-state index contributed by atoms with van der Waals surface area (Å²) in [5, 5.41) is 18.7. The van der Waals surface area contributed by atoms with Crippen LogP contribution in [0.1, 0.15) is 46.0 Å². The molecule has 0 aliphatic carbocycles. The van der Waals surface area contributed by atoms with Crippen LogP contribution in [0.5, 0.6) is 0 Å². The molecule has 5 heteroatoms. The molecule has 114 valence electrons. The summed E-state index contributed by atoms with van der Waals surface area (Å²) in [6, 6.07) is 0. The van der Waals surface area contributed by atoms with Crippen molar-refractivity contribution in [3.05, 3.63) is 0 Å². The second-order valence-corrected chi connectivity index (χ2v) is 5.36. The number of hydrogen-bond donors (Lipinski definition) is 1. The summed E-state index contributed by atoms with van der Waals surface area (Å²) < 4.78 is 6.35. The van der Waals surface area contributed by atoms with Crippen LogP contribution in [0.15, 0.2) is 0 Å². The summed E-state index contributed by atoms with van der Waals surface area (Å²) in [5.41, 5.74) is 0. The fourth-order valence-corrected chi connectivity index (χ4v) is 2.23. The Morgan fingerprint density at radius 1 is 1.42 bits per heavy atom. The second kappa shape index (κ2) is 10.2. The molecule has 0 aromatic rings. The molecule has 1 rings (SSSR count). The number of rotatable bonds is 7. The van der Waals surface area contributed by atoms with Crippen LogP contribution in [-0.4, -0.2) is 55.1 Å². The largest absolute Gasteiger partial charge is 0.550 e. The van der Waals surface area contributed by atoms with Crippen molar-refractivity contribution in [2.24, 2.45) is 0 Å². The molecule has 1 N–H and O–H groups in total. The number of aliphatic carboxylic acids is 1. The number of unbranched alkanes of at least 4 members (excludes halogenated alkanes) is 1. The first kappa shape index (κ1) is 18.4. The molecule has 0 radical (unpaired) electrons. The highest BCUT2D eigenvalue weighted by Crippen LogP contribution is 2.22. The van der Waals surface area contributed by atoms with E-state index in [0.29, 0.717) is 0 Å². The Morgan fingerprint density at radius 2 is 2.00 bits per heavy atom. The molecular formula is C14H29NO4. The summed E-state index contributed by atoms with van der Waals surface area (Å²) in [5.74, 6) is -1.08. The van der Waals surface area contributed by atoms with Gasteiger partial charge in [0.2, 0.25) is 0 Å².